The highest BCUT2D eigenvalue weighted by Crippen LogP contribution is 2.22. The zero-order valence-electron chi connectivity index (χ0n) is 14.4. The standard InChI is InChI=1S/C19H20N4O2S/c1-13(24)22-17(18-3-2-10-26-18)11-19(25)20-12-14-4-6-15(7-5-14)16-8-9-21-23-16/h2-10,17H,11-12H2,1H3,(H,20,25)(H,21,23)(H,22,24). The molecule has 134 valence electrons. The van der Waals surface area contributed by atoms with Crippen LogP contribution in [0.25, 0.3) is 11.3 Å². The second-order valence-corrected chi connectivity index (χ2v) is 6.90. The third-order valence-corrected chi connectivity index (χ3v) is 4.89. The molecule has 3 aromatic rings. The number of aromatic nitrogens is 2. The molecular weight excluding hydrogens is 348 g/mol. The maximum absolute atomic E-state index is 12.3. The summed E-state index contributed by atoms with van der Waals surface area (Å²) in [6.45, 7) is 1.90. The first-order valence-corrected chi connectivity index (χ1v) is 9.15. The van der Waals surface area contributed by atoms with E-state index >= 15 is 0 Å². The van der Waals surface area contributed by atoms with E-state index in [-0.39, 0.29) is 24.3 Å². The van der Waals surface area contributed by atoms with Gasteiger partial charge in [0.1, 0.15) is 0 Å². The molecule has 0 aliphatic heterocycles. The molecule has 1 unspecified atom stereocenters. The van der Waals surface area contributed by atoms with E-state index in [2.05, 4.69) is 20.8 Å². The SMILES string of the molecule is CC(=O)NC(CC(=O)NCc1ccc(-c2ccn[nH]2)cc1)c1cccs1. The monoisotopic (exact) mass is 368 g/mol. The Bertz CT molecular complexity index is 842. The molecule has 0 spiro atoms. The summed E-state index contributed by atoms with van der Waals surface area (Å²) in [5.41, 5.74) is 3.00. The van der Waals surface area contributed by atoms with Crippen molar-refractivity contribution in [2.45, 2.75) is 25.9 Å². The van der Waals surface area contributed by atoms with E-state index in [1.165, 1.54) is 18.3 Å². The van der Waals surface area contributed by atoms with Crippen molar-refractivity contribution in [3.63, 3.8) is 0 Å². The Kier molecular flexibility index (Phi) is 5.80. The van der Waals surface area contributed by atoms with E-state index < -0.39 is 0 Å². The number of nitrogens with zero attached hydrogens (tertiary/aromatic N) is 1. The molecule has 26 heavy (non-hydrogen) atoms. The van der Waals surface area contributed by atoms with Crippen LogP contribution in [-0.4, -0.2) is 22.0 Å². The highest BCUT2D eigenvalue weighted by atomic mass is 32.1. The van der Waals surface area contributed by atoms with Crippen LogP contribution < -0.4 is 10.6 Å². The Labute approximate surface area is 155 Å². The molecule has 3 rings (SSSR count). The zero-order chi connectivity index (χ0) is 18.4. The van der Waals surface area contributed by atoms with E-state index in [1.807, 2.05) is 47.8 Å². The van der Waals surface area contributed by atoms with Crippen molar-refractivity contribution in [3.8, 4) is 11.3 Å². The quantitative estimate of drug-likeness (QED) is 0.599. The summed E-state index contributed by atoms with van der Waals surface area (Å²) >= 11 is 1.53. The van der Waals surface area contributed by atoms with Gasteiger partial charge < -0.3 is 10.6 Å². The van der Waals surface area contributed by atoms with Gasteiger partial charge >= 0.3 is 0 Å². The number of amides is 2. The fraction of sp³-hybridized carbons (Fsp3) is 0.211. The van der Waals surface area contributed by atoms with Crippen LogP contribution in [0.3, 0.4) is 0 Å². The van der Waals surface area contributed by atoms with Gasteiger partial charge in [-0.3, -0.25) is 14.7 Å². The number of aromatic amines is 1. The lowest BCUT2D eigenvalue weighted by atomic mass is 10.1. The van der Waals surface area contributed by atoms with Gasteiger partial charge in [-0.05, 0) is 28.6 Å². The number of rotatable bonds is 7. The van der Waals surface area contributed by atoms with Gasteiger partial charge in [-0.25, -0.2) is 0 Å². The summed E-state index contributed by atoms with van der Waals surface area (Å²) in [7, 11) is 0. The number of hydrogen-bond donors (Lipinski definition) is 3. The molecule has 6 nitrogen and oxygen atoms in total. The normalized spacial score (nSPS) is 11.7. The first kappa shape index (κ1) is 17.9. The maximum atomic E-state index is 12.3. The first-order chi connectivity index (χ1) is 12.6. The van der Waals surface area contributed by atoms with Crippen LogP contribution in [0.4, 0.5) is 0 Å². The van der Waals surface area contributed by atoms with Crippen molar-refractivity contribution in [3.05, 3.63) is 64.5 Å². The number of thiophene rings is 1. The van der Waals surface area contributed by atoms with Gasteiger partial charge in [0, 0.05) is 24.5 Å². The topological polar surface area (TPSA) is 86.9 Å². The molecular formula is C19H20N4O2S. The third kappa shape index (κ3) is 4.80. The van der Waals surface area contributed by atoms with Crippen molar-refractivity contribution in [2.75, 3.05) is 0 Å². The minimum atomic E-state index is -0.296. The van der Waals surface area contributed by atoms with E-state index in [4.69, 9.17) is 0 Å². The molecule has 3 N–H and O–H groups in total. The van der Waals surface area contributed by atoms with E-state index in [0.29, 0.717) is 6.54 Å². The molecule has 1 atom stereocenters. The molecule has 0 aliphatic rings. The van der Waals surface area contributed by atoms with Crippen LogP contribution in [0, 0.1) is 0 Å². The van der Waals surface area contributed by atoms with Crippen LogP contribution in [0.15, 0.2) is 54.0 Å². The summed E-state index contributed by atoms with van der Waals surface area (Å²) in [5, 5.41) is 14.5. The minimum Gasteiger partial charge on any atom is -0.352 e. The fourth-order valence-electron chi connectivity index (χ4n) is 2.63. The number of carbonyl (C=O) groups is 2. The van der Waals surface area contributed by atoms with Crippen molar-refractivity contribution >= 4 is 23.2 Å². The molecule has 2 heterocycles. The summed E-state index contributed by atoms with van der Waals surface area (Å²) in [4.78, 5) is 24.7. The molecule has 0 fully saturated rings. The highest BCUT2D eigenvalue weighted by molar-refractivity contribution is 7.10. The third-order valence-electron chi connectivity index (χ3n) is 3.91. The van der Waals surface area contributed by atoms with Crippen LogP contribution in [-0.2, 0) is 16.1 Å². The van der Waals surface area contributed by atoms with Gasteiger partial charge in [0.05, 0.1) is 18.2 Å². The Hall–Kier alpha value is -2.93. The van der Waals surface area contributed by atoms with Crippen LogP contribution in [0.1, 0.15) is 29.8 Å². The van der Waals surface area contributed by atoms with E-state index in [1.54, 1.807) is 6.20 Å². The predicted molar refractivity (Wildman–Crippen MR) is 101 cm³/mol. The number of benzene rings is 1. The van der Waals surface area contributed by atoms with Crippen molar-refractivity contribution < 1.29 is 9.59 Å². The lowest BCUT2D eigenvalue weighted by molar-refractivity contribution is -0.122. The lowest BCUT2D eigenvalue weighted by Crippen LogP contribution is -2.32. The van der Waals surface area contributed by atoms with Gasteiger partial charge in [0.25, 0.3) is 0 Å². The molecule has 0 bridgehead atoms. The summed E-state index contributed by atoms with van der Waals surface area (Å²) < 4.78 is 0. The summed E-state index contributed by atoms with van der Waals surface area (Å²) in [5.74, 6) is -0.250. The molecule has 7 heteroatoms. The number of nitrogens with one attached hydrogen (secondary N) is 3. The average molecular weight is 368 g/mol. The smallest absolute Gasteiger partial charge is 0.222 e. The molecule has 1 aromatic carbocycles. The van der Waals surface area contributed by atoms with Crippen molar-refractivity contribution in [1.29, 1.82) is 0 Å². The Morgan fingerprint density at radius 3 is 2.62 bits per heavy atom. The largest absolute Gasteiger partial charge is 0.352 e. The van der Waals surface area contributed by atoms with Gasteiger partial charge in [0.2, 0.25) is 11.8 Å². The van der Waals surface area contributed by atoms with E-state index in [9.17, 15) is 9.59 Å². The molecule has 0 saturated heterocycles. The van der Waals surface area contributed by atoms with Crippen molar-refractivity contribution in [2.24, 2.45) is 0 Å². The number of hydrogen-bond acceptors (Lipinski definition) is 4. The zero-order valence-corrected chi connectivity index (χ0v) is 15.2. The number of carbonyl (C=O) groups excluding carboxylic acids is 2. The van der Waals surface area contributed by atoms with Gasteiger partial charge in [-0.2, -0.15) is 5.10 Å². The Morgan fingerprint density at radius 1 is 1.19 bits per heavy atom. The molecule has 2 amide bonds. The summed E-state index contributed by atoms with van der Waals surface area (Å²) in [6.07, 6.45) is 1.93. The second-order valence-electron chi connectivity index (χ2n) is 5.92. The van der Waals surface area contributed by atoms with Crippen LogP contribution in [0.2, 0.25) is 0 Å². The van der Waals surface area contributed by atoms with Crippen LogP contribution >= 0.6 is 11.3 Å². The molecule has 0 saturated carbocycles. The van der Waals surface area contributed by atoms with Crippen LogP contribution in [0.5, 0.6) is 0 Å². The maximum Gasteiger partial charge on any atom is 0.222 e. The number of H-pyrrole nitrogens is 1. The molecule has 0 radical (unpaired) electrons. The van der Waals surface area contributed by atoms with Gasteiger partial charge in [-0.15, -0.1) is 11.3 Å². The Balaban J connectivity index is 1.55. The minimum absolute atomic E-state index is 0.102. The second kappa shape index (κ2) is 8.44. The van der Waals surface area contributed by atoms with Gasteiger partial charge in [-0.1, -0.05) is 30.3 Å². The highest BCUT2D eigenvalue weighted by Gasteiger charge is 2.17. The summed E-state index contributed by atoms with van der Waals surface area (Å²) in [6, 6.07) is 13.4. The van der Waals surface area contributed by atoms with E-state index in [0.717, 1.165) is 21.7 Å². The predicted octanol–water partition coefficient (Wildman–Crippen LogP) is 3.02. The Morgan fingerprint density at radius 2 is 2.00 bits per heavy atom. The first-order valence-electron chi connectivity index (χ1n) is 8.27. The van der Waals surface area contributed by atoms with Gasteiger partial charge in [0.15, 0.2) is 0 Å². The van der Waals surface area contributed by atoms with Crippen molar-refractivity contribution in [1.82, 2.24) is 20.8 Å². The average Bonchev–Trinajstić information content (AvgIpc) is 3.33. The fourth-order valence-corrected chi connectivity index (χ4v) is 3.41. The molecule has 2 aromatic heterocycles. The lowest BCUT2D eigenvalue weighted by Gasteiger charge is -2.16. The molecule has 0 aliphatic carbocycles.